The van der Waals surface area contributed by atoms with Gasteiger partial charge in [-0.2, -0.15) is 0 Å². The Morgan fingerprint density at radius 1 is 1.00 bits per heavy atom. The third-order valence-corrected chi connectivity index (χ3v) is 6.21. The first kappa shape index (κ1) is 16.6. The quantitative estimate of drug-likeness (QED) is 0.658. The number of fused-ring (bicyclic) bond motifs is 1. The van der Waals surface area contributed by atoms with E-state index in [-0.39, 0.29) is 0 Å². The number of halogens is 1. The van der Waals surface area contributed by atoms with Gasteiger partial charge in [0.25, 0.3) is 0 Å². The molecule has 4 nitrogen and oxygen atoms in total. The van der Waals surface area contributed by atoms with E-state index in [0.717, 1.165) is 47.7 Å². The zero-order valence-corrected chi connectivity index (χ0v) is 16.3. The van der Waals surface area contributed by atoms with Gasteiger partial charge in [-0.05, 0) is 44.5 Å². The van der Waals surface area contributed by atoms with Crippen LogP contribution in [-0.2, 0) is 0 Å². The molecule has 0 radical (unpaired) electrons. The third-order valence-electron chi connectivity index (χ3n) is 4.87. The zero-order chi connectivity index (χ0) is 17.6. The summed E-state index contributed by atoms with van der Waals surface area (Å²) in [6, 6.07) is 8.10. The van der Waals surface area contributed by atoms with E-state index in [0.29, 0.717) is 0 Å². The third kappa shape index (κ3) is 3.07. The predicted molar refractivity (Wildman–Crippen MR) is 108 cm³/mol. The van der Waals surface area contributed by atoms with Gasteiger partial charge in [0, 0.05) is 41.8 Å². The molecule has 1 aliphatic heterocycles. The second kappa shape index (κ2) is 6.46. The van der Waals surface area contributed by atoms with E-state index in [1.807, 2.05) is 25.1 Å². The molecule has 1 aromatic carbocycles. The van der Waals surface area contributed by atoms with Crippen molar-refractivity contribution >= 4 is 44.7 Å². The minimum Gasteiger partial charge on any atom is -0.368 e. The van der Waals surface area contributed by atoms with Gasteiger partial charge < -0.3 is 9.80 Å². The van der Waals surface area contributed by atoms with E-state index in [1.54, 1.807) is 11.3 Å². The van der Waals surface area contributed by atoms with Gasteiger partial charge in [-0.1, -0.05) is 17.7 Å². The number of benzene rings is 1. The van der Waals surface area contributed by atoms with Crippen molar-refractivity contribution in [1.29, 1.82) is 0 Å². The molecule has 25 heavy (non-hydrogen) atoms. The van der Waals surface area contributed by atoms with Crippen LogP contribution in [-0.4, -0.2) is 36.1 Å². The van der Waals surface area contributed by atoms with Crippen LogP contribution >= 0.6 is 22.9 Å². The van der Waals surface area contributed by atoms with Crippen molar-refractivity contribution < 1.29 is 0 Å². The number of aryl methyl sites for hydroxylation is 3. The molecule has 1 fully saturated rings. The summed E-state index contributed by atoms with van der Waals surface area (Å²) in [6.45, 7) is 10.2. The minimum atomic E-state index is 0.789. The Morgan fingerprint density at radius 3 is 2.44 bits per heavy atom. The number of piperazine rings is 1. The molecule has 0 amide bonds. The number of nitrogens with zero attached hydrogens (tertiary/aromatic N) is 4. The summed E-state index contributed by atoms with van der Waals surface area (Å²) in [5, 5.41) is 2.02. The fraction of sp³-hybridized carbons (Fsp3) is 0.368. The first-order chi connectivity index (χ1) is 12.0. The highest BCUT2D eigenvalue weighted by atomic mass is 35.5. The fourth-order valence-electron chi connectivity index (χ4n) is 3.41. The Hall–Kier alpha value is -1.85. The number of hydrogen-bond acceptors (Lipinski definition) is 5. The molecule has 3 heterocycles. The van der Waals surface area contributed by atoms with E-state index in [1.165, 1.54) is 21.5 Å². The number of hydrogen-bond donors (Lipinski definition) is 0. The summed E-state index contributed by atoms with van der Waals surface area (Å²) in [6.07, 6.45) is 0. The maximum absolute atomic E-state index is 6.14. The van der Waals surface area contributed by atoms with Crippen molar-refractivity contribution in [3.8, 4) is 0 Å². The Balaban J connectivity index is 1.62. The maximum atomic E-state index is 6.14. The van der Waals surface area contributed by atoms with Gasteiger partial charge in [0.15, 0.2) is 0 Å². The second-order valence-electron chi connectivity index (χ2n) is 6.51. The van der Waals surface area contributed by atoms with Gasteiger partial charge in [0.2, 0.25) is 0 Å². The predicted octanol–water partition coefficient (Wildman–Crippen LogP) is 4.60. The molecule has 0 atom stereocenters. The van der Waals surface area contributed by atoms with E-state index in [9.17, 15) is 0 Å². The van der Waals surface area contributed by atoms with Gasteiger partial charge in [0.05, 0.1) is 5.39 Å². The summed E-state index contributed by atoms with van der Waals surface area (Å²) in [5.41, 5.74) is 2.51. The van der Waals surface area contributed by atoms with Crippen molar-refractivity contribution in [2.75, 3.05) is 36.0 Å². The lowest BCUT2D eigenvalue weighted by molar-refractivity contribution is 0.648. The van der Waals surface area contributed by atoms with E-state index >= 15 is 0 Å². The molecule has 3 aromatic rings. The molecular weight excluding hydrogens is 352 g/mol. The minimum absolute atomic E-state index is 0.789. The van der Waals surface area contributed by atoms with Gasteiger partial charge in [0.1, 0.15) is 16.5 Å². The first-order valence-corrected chi connectivity index (χ1v) is 9.72. The van der Waals surface area contributed by atoms with Crippen LogP contribution in [0.4, 0.5) is 11.5 Å². The number of rotatable bonds is 2. The number of aromatic nitrogens is 2. The Kier molecular flexibility index (Phi) is 4.29. The smallest absolute Gasteiger partial charge is 0.141 e. The lowest BCUT2D eigenvalue weighted by atomic mass is 10.2. The van der Waals surface area contributed by atoms with Crippen molar-refractivity contribution in [2.45, 2.75) is 20.8 Å². The van der Waals surface area contributed by atoms with E-state index < -0.39 is 0 Å². The molecule has 1 saturated heterocycles. The summed E-state index contributed by atoms with van der Waals surface area (Å²) in [4.78, 5) is 16.7. The van der Waals surface area contributed by atoms with Crippen LogP contribution in [0.2, 0.25) is 5.02 Å². The molecule has 0 bridgehead atoms. The molecule has 130 valence electrons. The van der Waals surface area contributed by atoms with Crippen molar-refractivity contribution in [3.05, 3.63) is 45.6 Å². The monoisotopic (exact) mass is 372 g/mol. The maximum Gasteiger partial charge on any atom is 0.141 e. The van der Waals surface area contributed by atoms with Gasteiger partial charge in [-0.3, -0.25) is 0 Å². The van der Waals surface area contributed by atoms with Crippen molar-refractivity contribution in [2.24, 2.45) is 0 Å². The van der Waals surface area contributed by atoms with Crippen molar-refractivity contribution in [1.82, 2.24) is 9.97 Å². The van der Waals surface area contributed by atoms with Crippen LogP contribution in [0.3, 0.4) is 0 Å². The molecule has 1 aliphatic rings. The summed E-state index contributed by atoms with van der Waals surface area (Å²) in [7, 11) is 0. The largest absolute Gasteiger partial charge is 0.368 e. The van der Waals surface area contributed by atoms with Gasteiger partial charge in [-0.25, -0.2) is 9.97 Å². The molecule has 4 rings (SSSR count). The topological polar surface area (TPSA) is 32.3 Å². The van der Waals surface area contributed by atoms with Crippen LogP contribution in [0.5, 0.6) is 0 Å². The summed E-state index contributed by atoms with van der Waals surface area (Å²) in [5.74, 6) is 1.94. The Bertz CT molecular complexity index is 929. The molecule has 0 aliphatic carbocycles. The summed E-state index contributed by atoms with van der Waals surface area (Å²) < 4.78 is 0. The highest BCUT2D eigenvalue weighted by Gasteiger charge is 2.23. The average molecular weight is 373 g/mol. The summed E-state index contributed by atoms with van der Waals surface area (Å²) >= 11 is 7.91. The molecule has 0 spiro atoms. The highest BCUT2D eigenvalue weighted by molar-refractivity contribution is 7.18. The molecule has 0 N–H and O–H groups in total. The zero-order valence-electron chi connectivity index (χ0n) is 14.7. The average Bonchev–Trinajstić information content (AvgIpc) is 2.88. The van der Waals surface area contributed by atoms with Crippen LogP contribution in [0, 0.1) is 20.8 Å². The SMILES string of the molecule is Cc1nc(N2CCN(c3cccc(Cl)c3)CC2)c2c(C)c(C)sc2n1. The second-order valence-corrected chi connectivity index (χ2v) is 8.15. The fourth-order valence-corrected chi connectivity index (χ4v) is 4.66. The Labute approximate surface area is 157 Å². The molecule has 2 aromatic heterocycles. The first-order valence-electron chi connectivity index (χ1n) is 8.53. The van der Waals surface area contributed by atoms with Crippen molar-refractivity contribution in [3.63, 3.8) is 0 Å². The standard InChI is InChI=1S/C19H21ClN4S/c1-12-13(2)25-19-17(12)18(21-14(3)22-19)24-9-7-23(8-10-24)16-6-4-5-15(20)11-16/h4-6,11H,7-10H2,1-3H3. The van der Waals surface area contributed by atoms with Gasteiger partial charge >= 0.3 is 0 Å². The number of anilines is 2. The van der Waals surface area contributed by atoms with Crippen LogP contribution < -0.4 is 9.80 Å². The normalized spacial score (nSPS) is 15.2. The van der Waals surface area contributed by atoms with E-state index in [2.05, 4.69) is 34.7 Å². The lowest BCUT2D eigenvalue weighted by Crippen LogP contribution is -2.47. The van der Waals surface area contributed by atoms with Gasteiger partial charge in [-0.15, -0.1) is 11.3 Å². The van der Waals surface area contributed by atoms with E-state index in [4.69, 9.17) is 16.6 Å². The number of thiophene rings is 1. The van der Waals surface area contributed by atoms with Crippen LogP contribution in [0.1, 0.15) is 16.3 Å². The molecular formula is C19H21ClN4S. The lowest BCUT2D eigenvalue weighted by Gasteiger charge is -2.37. The Morgan fingerprint density at radius 2 is 1.72 bits per heavy atom. The highest BCUT2D eigenvalue weighted by Crippen LogP contribution is 2.35. The molecule has 6 heteroatoms. The molecule has 0 unspecified atom stereocenters. The van der Waals surface area contributed by atoms with Crippen LogP contribution in [0.15, 0.2) is 24.3 Å². The van der Waals surface area contributed by atoms with Crippen LogP contribution in [0.25, 0.3) is 10.2 Å². The molecule has 0 saturated carbocycles.